The van der Waals surface area contributed by atoms with E-state index in [1.165, 1.54) is 0 Å². The van der Waals surface area contributed by atoms with Crippen LogP contribution in [0.1, 0.15) is 11.1 Å². The molecular weight excluding hydrogens is 190 g/mol. The quantitative estimate of drug-likeness (QED) is 0.801. The van der Waals surface area contributed by atoms with Crippen molar-refractivity contribution < 1.29 is 9.52 Å². The van der Waals surface area contributed by atoms with Crippen LogP contribution in [0.3, 0.4) is 0 Å². The van der Waals surface area contributed by atoms with Gasteiger partial charge in [0.25, 0.3) is 0 Å². The molecule has 0 saturated carbocycles. The van der Waals surface area contributed by atoms with Gasteiger partial charge in [0, 0.05) is 18.7 Å². The Morgan fingerprint density at radius 1 is 1.00 bits per heavy atom. The van der Waals surface area contributed by atoms with Gasteiger partial charge in [0.05, 0.1) is 12.5 Å². The molecule has 2 aromatic rings. The van der Waals surface area contributed by atoms with Gasteiger partial charge >= 0.3 is 0 Å². The number of aromatic hydroxyl groups is 1. The monoisotopic (exact) mass is 203 g/mol. The highest BCUT2D eigenvalue weighted by Gasteiger charge is 1.95. The van der Waals surface area contributed by atoms with Gasteiger partial charge in [-0.05, 0) is 23.8 Å². The van der Waals surface area contributed by atoms with Crippen molar-refractivity contribution in [3.63, 3.8) is 0 Å². The fourth-order valence-corrected chi connectivity index (χ4v) is 1.36. The number of rotatable bonds is 4. The maximum absolute atomic E-state index is 9.10. The molecule has 3 nitrogen and oxygen atoms in total. The minimum atomic E-state index is 0.300. The fourth-order valence-electron chi connectivity index (χ4n) is 1.36. The Morgan fingerprint density at radius 2 is 1.73 bits per heavy atom. The van der Waals surface area contributed by atoms with E-state index in [9.17, 15) is 0 Å². The first-order chi connectivity index (χ1) is 7.34. The average Bonchev–Trinajstić information content (AvgIpc) is 2.74. The zero-order chi connectivity index (χ0) is 10.5. The molecule has 0 aliphatic rings. The van der Waals surface area contributed by atoms with Crippen LogP contribution >= 0.6 is 0 Å². The van der Waals surface area contributed by atoms with Crippen molar-refractivity contribution in [2.45, 2.75) is 13.1 Å². The van der Waals surface area contributed by atoms with Gasteiger partial charge < -0.3 is 14.8 Å². The molecule has 0 spiro atoms. The van der Waals surface area contributed by atoms with E-state index in [0.717, 1.165) is 24.2 Å². The molecule has 78 valence electrons. The molecule has 2 N–H and O–H groups in total. The molecular formula is C12H13NO2. The summed E-state index contributed by atoms with van der Waals surface area (Å²) in [7, 11) is 0. The van der Waals surface area contributed by atoms with Crippen molar-refractivity contribution in [1.29, 1.82) is 0 Å². The summed E-state index contributed by atoms with van der Waals surface area (Å²) in [4.78, 5) is 0. The molecule has 0 aliphatic carbocycles. The van der Waals surface area contributed by atoms with Crippen molar-refractivity contribution >= 4 is 0 Å². The highest BCUT2D eigenvalue weighted by atomic mass is 16.3. The van der Waals surface area contributed by atoms with Gasteiger partial charge in [-0.2, -0.15) is 0 Å². The number of hydrogen-bond acceptors (Lipinski definition) is 3. The molecule has 2 rings (SSSR count). The standard InChI is InChI=1S/C12H13NO2/c14-12-3-1-10(2-4-12)7-13-8-11-5-6-15-9-11/h1-6,9,13-14H,7-8H2. The van der Waals surface area contributed by atoms with Crippen molar-refractivity contribution in [2.75, 3.05) is 0 Å². The minimum absolute atomic E-state index is 0.300. The second kappa shape index (κ2) is 4.66. The third-order valence-electron chi connectivity index (χ3n) is 2.17. The summed E-state index contributed by atoms with van der Waals surface area (Å²) < 4.78 is 4.96. The molecule has 0 unspecified atom stereocenters. The molecule has 0 amide bonds. The first kappa shape index (κ1) is 9.80. The topological polar surface area (TPSA) is 45.4 Å². The molecule has 1 aromatic carbocycles. The van der Waals surface area contributed by atoms with Crippen LogP contribution in [0.2, 0.25) is 0 Å². The largest absolute Gasteiger partial charge is 0.508 e. The SMILES string of the molecule is Oc1ccc(CNCc2ccoc2)cc1. The number of benzene rings is 1. The lowest BCUT2D eigenvalue weighted by Gasteiger charge is -2.03. The van der Waals surface area contributed by atoms with Gasteiger partial charge in [0.15, 0.2) is 0 Å². The predicted octanol–water partition coefficient (Wildman–Crippen LogP) is 2.28. The Kier molecular flexibility index (Phi) is 3.05. The normalized spacial score (nSPS) is 10.4. The molecule has 0 saturated heterocycles. The lowest BCUT2D eigenvalue weighted by Crippen LogP contribution is -2.11. The van der Waals surface area contributed by atoms with E-state index in [0.29, 0.717) is 5.75 Å². The first-order valence-electron chi connectivity index (χ1n) is 4.84. The second-order valence-electron chi connectivity index (χ2n) is 3.40. The van der Waals surface area contributed by atoms with Gasteiger partial charge in [0.2, 0.25) is 0 Å². The number of hydrogen-bond donors (Lipinski definition) is 2. The van der Waals surface area contributed by atoms with Gasteiger partial charge in [-0.1, -0.05) is 12.1 Å². The van der Waals surface area contributed by atoms with E-state index in [-0.39, 0.29) is 0 Å². The summed E-state index contributed by atoms with van der Waals surface area (Å²) in [5, 5.41) is 12.4. The van der Waals surface area contributed by atoms with Crippen LogP contribution in [0.25, 0.3) is 0 Å². The molecule has 3 heteroatoms. The third-order valence-corrected chi connectivity index (χ3v) is 2.17. The van der Waals surface area contributed by atoms with Gasteiger partial charge in [-0.25, -0.2) is 0 Å². The maximum atomic E-state index is 9.10. The van der Waals surface area contributed by atoms with E-state index in [1.54, 1.807) is 24.7 Å². The summed E-state index contributed by atoms with van der Waals surface area (Å²) in [6.45, 7) is 1.57. The summed E-state index contributed by atoms with van der Waals surface area (Å²) >= 11 is 0. The van der Waals surface area contributed by atoms with Crippen molar-refractivity contribution in [3.05, 3.63) is 54.0 Å². The molecule has 0 fully saturated rings. The maximum Gasteiger partial charge on any atom is 0.115 e. The van der Waals surface area contributed by atoms with Crippen molar-refractivity contribution in [2.24, 2.45) is 0 Å². The summed E-state index contributed by atoms with van der Waals surface area (Å²) in [6.07, 6.45) is 3.39. The fraction of sp³-hybridized carbons (Fsp3) is 0.167. The molecule has 0 atom stereocenters. The van der Waals surface area contributed by atoms with Gasteiger partial charge in [-0.15, -0.1) is 0 Å². The molecule has 1 aromatic heterocycles. The summed E-state index contributed by atoms with van der Waals surface area (Å²) in [5.74, 6) is 0.300. The number of furan rings is 1. The Hall–Kier alpha value is -1.74. The molecule has 0 aliphatic heterocycles. The van der Waals surface area contributed by atoms with Crippen LogP contribution in [0, 0.1) is 0 Å². The van der Waals surface area contributed by atoms with Crippen LogP contribution < -0.4 is 5.32 Å². The van der Waals surface area contributed by atoms with Gasteiger partial charge in [0.1, 0.15) is 5.75 Å². The smallest absolute Gasteiger partial charge is 0.115 e. The second-order valence-corrected chi connectivity index (χ2v) is 3.40. The number of phenols is 1. The zero-order valence-electron chi connectivity index (χ0n) is 8.31. The molecule has 0 radical (unpaired) electrons. The van der Waals surface area contributed by atoms with E-state index in [2.05, 4.69) is 5.32 Å². The van der Waals surface area contributed by atoms with Crippen LogP contribution in [0.4, 0.5) is 0 Å². The van der Waals surface area contributed by atoms with Crippen LogP contribution in [-0.4, -0.2) is 5.11 Å². The van der Waals surface area contributed by atoms with Crippen molar-refractivity contribution in [1.82, 2.24) is 5.32 Å². The predicted molar refractivity (Wildman–Crippen MR) is 57.4 cm³/mol. The highest BCUT2D eigenvalue weighted by Crippen LogP contribution is 2.09. The van der Waals surface area contributed by atoms with E-state index in [1.807, 2.05) is 18.2 Å². The van der Waals surface area contributed by atoms with E-state index in [4.69, 9.17) is 9.52 Å². The minimum Gasteiger partial charge on any atom is -0.508 e. The average molecular weight is 203 g/mol. The van der Waals surface area contributed by atoms with Crippen LogP contribution in [0.5, 0.6) is 5.75 Å². The van der Waals surface area contributed by atoms with Crippen molar-refractivity contribution in [3.8, 4) is 5.75 Å². The summed E-state index contributed by atoms with van der Waals surface area (Å²) in [6, 6.07) is 9.11. The molecule has 1 heterocycles. The number of phenolic OH excluding ortho intramolecular Hbond substituents is 1. The lowest BCUT2D eigenvalue weighted by molar-refractivity contribution is 0.475. The van der Waals surface area contributed by atoms with Gasteiger partial charge in [-0.3, -0.25) is 0 Å². The van der Waals surface area contributed by atoms with Crippen LogP contribution in [-0.2, 0) is 13.1 Å². The van der Waals surface area contributed by atoms with E-state index >= 15 is 0 Å². The van der Waals surface area contributed by atoms with E-state index < -0.39 is 0 Å². The molecule has 0 bridgehead atoms. The summed E-state index contributed by atoms with van der Waals surface area (Å²) in [5.41, 5.74) is 2.28. The highest BCUT2D eigenvalue weighted by molar-refractivity contribution is 5.25. The first-order valence-corrected chi connectivity index (χ1v) is 4.84. The lowest BCUT2D eigenvalue weighted by atomic mass is 10.2. The third kappa shape index (κ3) is 2.86. The number of nitrogens with one attached hydrogen (secondary N) is 1. The molecule has 15 heavy (non-hydrogen) atoms. The Balaban J connectivity index is 1.81. The van der Waals surface area contributed by atoms with Crippen LogP contribution in [0.15, 0.2) is 47.3 Å². The Bertz CT molecular complexity index is 392. The Labute approximate surface area is 88.4 Å². The Morgan fingerprint density at radius 3 is 2.40 bits per heavy atom. The zero-order valence-corrected chi connectivity index (χ0v) is 8.31.